The maximum Gasteiger partial charge on any atom is 0.335 e. The van der Waals surface area contributed by atoms with Gasteiger partial charge in [-0.1, -0.05) is 169 Å². The monoisotopic (exact) mass is 823 g/mol. The number of β-lactam (4-membered cyclic amide) rings is 1. The lowest BCUT2D eigenvalue weighted by Gasteiger charge is -2.52. The highest BCUT2D eigenvalue weighted by molar-refractivity contribution is 8.23. The van der Waals surface area contributed by atoms with Gasteiger partial charge in [-0.3, -0.25) is 9.59 Å². The van der Waals surface area contributed by atoms with Crippen LogP contribution in [0.15, 0.2) is 162 Å². The van der Waals surface area contributed by atoms with Crippen LogP contribution in [-0.2, 0) is 29.5 Å². The molecule has 0 bridgehead atoms. The third-order valence-electron chi connectivity index (χ3n) is 10.2. The summed E-state index contributed by atoms with van der Waals surface area (Å²) in [5, 5.41) is 12.9. The maximum absolute atomic E-state index is 14.0. The van der Waals surface area contributed by atoms with Gasteiger partial charge in [0.15, 0.2) is 23.0 Å². The summed E-state index contributed by atoms with van der Waals surface area (Å²) in [6, 6.07) is 46.6. The second-order valence-corrected chi connectivity index (χ2v) is 16.2. The fourth-order valence-corrected chi connectivity index (χ4v) is 9.66. The average molecular weight is 824 g/mol. The van der Waals surface area contributed by atoms with Gasteiger partial charge in [-0.25, -0.2) is 9.78 Å². The number of thiocarbonyl (C=S) groups is 1. The summed E-state index contributed by atoms with van der Waals surface area (Å²) in [6.07, 6.45) is -0.710. The molecule has 3 heterocycles. The predicted octanol–water partition coefficient (Wildman–Crippen LogP) is 7.37. The van der Waals surface area contributed by atoms with E-state index in [2.05, 4.69) is 52.2 Å². The number of nitrogens with one attached hydrogen (secondary N) is 2. The van der Waals surface area contributed by atoms with Crippen LogP contribution in [0, 0.1) is 0 Å². The molecular formula is C45H37N5O5S3. The van der Waals surface area contributed by atoms with Gasteiger partial charge in [0.25, 0.3) is 5.91 Å². The van der Waals surface area contributed by atoms with E-state index in [-0.39, 0.29) is 11.4 Å². The number of aromatic nitrogens is 1. The summed E-state index contributed by atoms with van der Waals surface area (Å²) in [5.41, 5.74) is 3.84. The minimum absolute atomic E-state index is 0.105. The fourth-order valence-electron chi connectivity index (χ4n) is 7.44. The van der Waals surface area contributed by atoms with Crippen molar-refractivity contribution in [3.8, 4) is 0 Å². The van der Waals surface area contributed by atoms with Crippen LogP contribution >= 0.6 is 35.3 Å². The van der Waals surface area contributed by atoms with Crippen LogP contribution < -0.4 is 10.6 Å². The molecule has 2 aliphatic heterocycles. The largest absolute Gasteiger partial charge is 0.451 e. The lowest BCUT2D eigenvalue weighted by Crippen LogP contribution is -2.77. The highest BCUT2D eigenvalue weighted by Crippen LogP contribution is 2.41. The Morgan fingerprint density at radius 1 is 0.810 bits per heavy atom. The van der Waals surface area contributed by atoms with Gasteiger partial charge in [-0.2, -0.15) is 0 Å². The standard InChI is InChI=1S/C45H37N5O5S3/c1-54-49-36(34-27-58-44(46-34)48-45(31-21-11-4-12-22-31,32-23-13-5-14-24-32)33-25-15-6-16-26-33)40(51)47-37-35-28-57-43(56)38(50(35)41(37)52)42(53)55-39(29-17-7-2-8-18-29)30-19-9-3-10-20-30/h2-27,35,37-39H,28H2,1H3,(H,46,48)(H,47,51). The van der Waals surface area contributed by atoms with Crippen molar-refractivity contribution in [1.82, 2.24) is 15.2 Å². The summed E-state index contributed by atoms with van der Waals surface area (Å²) >= 11 is 8.25. The van der Waals surface area contributed by atoms with Crippen LogP contribution in [-0.4, -0.2) is 68.6 Å². The number of amides is 2. The van der Waals surface area contributed by atoms with E-state index >= 15 is 0 Å². The molecule has 1 aromatic heterocycles. The Hall–Kier alpha value is -6.15. The molecule has 2 saturated heterocycles. The molecule has 13 heteroatoms. The minimum Gasteiger partial charge on any atom is -0.451 e. The molecule has 2 amide bonds. The number of thiazole rings is 1. The molecule has 2 fully saturated rings. The van der Waals surface area contributed by atoms with Crippen LogP contribution in [0.4, 0.5) is 5.13 Å². The average Bonchev–Trinajstić information content (AvgIpc) is 3.74. The molecule has 8 rings (SSSR count). The number of hydrogen-bond acceptors (Lipinski definition) is 11. The van der Waals surface area contributed by atoms with Crippen molar-refractivity contribution in [2.45, 2.75) is 29.8 Å². The Kier molecular flexibility index (Phi) is 11.4. The molecule has 0 saturated carbocycles. The number of anilines is 1. The van der Waals surface area contributed by atoms with Crippen molar-refractivity contribution in [2.24, 2.45) is 5.16 Å². The summed E-state index contributed by atoms with van der Waals surface area (Å²) in [5.74, 6) is -1.35. The zero-order valence-electron chi connectivity index (χ0n) is 31.1. The highest BCUT2D eigenvalue weighted by Gasteiger charge is 2.57. The van der Waals surface area contributed by atoms with Crippen molar-refractivity contribution < 1.29 is 24.0 Å². The van der Waals surface area contributed by atoms with E-state index in [9.17, 15) is 14.4 Å². The number of carbonyl (C=O) groups is 3. The number of esters is 1. The van der Waals surface area contributed by atoms with Gasteiger partial charge in [-0.15, -0.1) is 23.1 Å². The fraction of sp³-hybridized carbons (Fsp3) is 0.156. The van der Waals surface area contributed by atoms with Crippen molar-refractivity contribution in [2.75, 3.05) is 18.2 Å². The van der Waals surface area contributed by atoms with Gasteiger partial charge in [0, 0.05) is 11.1 Å². The Labute approximate surface area is 349 Å². The van der Waals surface area contributed by atoms with Gasteiger partial charge in [0.2, 0.25) is 5.91 Å². The minimum atomic E-state index is -1.10. The van der Waals surface area contributed by atoms with Crippen molar-refractivity contribution in [3.05, 3.63) is 191 Å². The summed E-state index contributed by atoms with van der Waals surface area (Å²) in [7, 11) is 1.34. The first kappa shape index (κ1) is 38.7. The first-order valence-corrected chi connectivity index (χ1v) is 20.8. The van der Waals surface area contributed by atoms with Gasteiger partial charge < -0.3 is 25.1 Å². The van der Waals surface area contributed by atoms with Gasteiger partial charge >= 0.3 is 5.97 Å². The summed E-state index contributed by atoms with van der Waals surface area (Å²) in [6.45, 7) is 0. The Balaban J connectivity index is 1.02. The molecule has 6 aromatic rings. The number of hydrogen-bond donors (Lipinski definition) is 2. The van der Waals surface area contributed by atoms with E-state index in [0.717, 1.165) is 27.8 Å². The van der Waals surface area contributed by atoms with Crippen LogP contribution in [0.5, 0.6) is 0 Å². The number of nitrogens with zero attached hydrogens (tertiary/aromatic N) is 3. The molecule has 2 aliphatic rings. The first-order chi connectivity index (χ1) is 28.4. The topological polar surface area (TPSA) is 122 Å². The second-order valence-electron chi connectivity index (χ2n) is 13.6. The lowest BCUT2D eigenvalue weighted by molar-refractivity contribution is -0.166. The third kappa shape index (κ3) is 7.51. The molecule has 0 aliphatic carbocycles. The van der Waals surface area contributed by atoms with Gasteiger partial charge in [0.1, 0.15) is 24.4 Å². The van der Waals surface area contributed by atoms with Crippen LogP contribution in [0.3, 0.4) is 0 Å². The molecule has 290 valence electrons. The molecule has 10 nitrogen and oxygen atoms in total. The number of ether oxygens (including phenoxy) is 1. The summed E-state index contributed by atoms with van der Waals surface area (Å²) in [4.78, 5) is 53.1. The molecule has 58 heavy (non-hydrogen) atoms. The second kappa shape index (κ2) is 17.1. The third-order valence-corrected chi connectivity index (χ3v) is 12.5. The summed E-state index contributed by atoms with van der Waals surface area (Å²) < 4.78 is 6.46. The molecule has 0 radical (unpaired) electrons. The number of benzene rings is 5. The number of oxime groups is 1. The van der Waals surface area contributed by atoms with Crippen LogP contribution in [0.2, 0.25) is 0 Å². The number of thioether (sulfide) groups is 1. The van der Waals surface area contributed by atoms with E-state index < -0.39 is 47.6 Å². The first-order valence-electron chi connectivity index (χ1n) is 18.5. The number of fused-ring (bicyclic) bond motifs is 1. The Morgan fingerprint density at radius 3 is 1.81 bits per heavy atom. The van der Waals surface area contributed by atoms with Crippen molar-refractivity contribution in [3.63, 3.8) is 0 Å². The van der Waals surface area contributed by atoms with E-state index in [4.69, 9.17) is 26.8 Å². The number of carbonyl (C=O) groups excluding carboxylic acids is 3. The molecule has 5 aromatic carbocycles. The normalized spacial score (nSPS) is 17.9. The smallest absolute Gasteiger partial charge is 0.335 e. The van der Waals surface area contributed by atoms with E-state index in [1.807, 2.05) is 115 Å². The zero-order valence-corrected chi connectivity index (χ0v) is 33.6. The highest BCUT2D eigenvalue weighted by atomic mass is 32.2. The SMILES string of the molecule is CON=C(C(=O)NC1C(=O)N2C(C(=O)OC(c3ccccc3)c3ccccc3)C(=S)SCC12)c1csc(NC(c2ccccc2)(c2ccccc2)c2ccccc2)n1. The van der Waals surface area contributed by atoms with Gasteiger partial charge in [-0.05, 0) is 27.8 Å². The predicted molar refractivity (Wildman–Crippen MR) is 231 cm³/mol. The van der Waals surface area contributed by atoms with Gasteiger partial charge in [0.05, 0.1) is 10.2 Å². The Bertz CT molecular complexity index is 2300. The van der Waals surface area contributed by atoms with E-state index in [1.165, 1.54) is 35.1 Å². The lowest BCUT2D eigenvalue weighted by atomic mass is 9.77. The van der Waals surface area contributed by atoms with E-state index in [0.29, 0.717) is 15.1 Å². The zero-order chi connectivity index (χ0) is 40.1. The Morgan fingerprint density at radius 2 is 1.31 bits per heavy atom. The molecular weight excluding hydrogens is 787 g/mol. The molecule has 3 unspecified atom stereocenters. The van der Waals surface area contributed by atoms with Crippen molar-refractivity contribution in [1.29, 1.82) is 0 Å². The van der Waals surface area contributed by atoms with E-state index in [1.54, 1.807) is 5.38 Å². The number of rotatable bonds is 13. The molecule has 3 atom stereocenters. The molecule has 0 spiro atoms. The molecule has 2 N–H and O–H groups in total. The maximum atomic E-state index is 14.0. The van der Waals surface area contributed by atoms with Crippen molar-refractivity contribution >= 4 is 68.1 Å². The quantitative estimate of drug-likeness (QED) is 0.0307. The van der Waals surface area contributed by atoms with Crippen LogP contribution in [0.1, 0.15) is 39.6 Å². The van der Waals surface area contributed by atoms with Crippen LogP contribution in [0.25, 0.3) is 0 Å².